The maximum atomic E-state index is 12.5. The molecule has 4 heteroatoms. The molecule has 4 aliphatic carbocycles. The molecule has 1 N–H and O–H groups in total. The lowest BCUT2D eigenvalue weighted by molar-refractivity contribution is -0.156. The van der Waals surface area contributed by atoms with Crippen molar-refractivity contribution in [3.8, 4) is 0 Å². The fourth-order valence-electron chi connectivity index (χ4n) is 9.79. The third-order valence-corrected chi connectivity index (χ3v) is 12.2. The Labute approximate surface area is 227 Å². The first-order valence-corrected chi connectivity index (χ1v) is 16.2. The predicted octanol–water partition coefficient (Wildman–Crippen LogP) is 7.56. The minimum absolute atomic E-state index is 0.111. The molecular weight excluding hydrogens is 458 g/mol. The van der Waals surface area contributed by atoms with Crippen LogP contribution in [0.1, 0.15) is 137 Å². The van der Waals surface area contributed by atoms with Crippen LogP contribution in [0.25, 0.3) is 0 Å². The fourth-order valence-corrected chi connectivity index (χ4v) is 9.79. The number of ketones is 1. The first-order valence-electron chi connectivity index (χ1n) is 16.2. The SMILES string of the molecule is CCN(CC)C(=O)CCCCCCCCC[C@@H]1C[C@H]2CC(=O)CC[C@]2(C)[C@H]2CC[C@]3(C)[C@@H](O)CC[C@H]3[C@H]12. The van der Waals surface area contributed by atoms with Gasteiger partial charge in [0, 0.05) is 32.4 Å². The zero-order valence-corrected chi connectivity index (χ0v) is 24.6. The molecule has 0 aromatic heterocycles. The molecule has 0 unspecified atom stereocenters. The van der Waals surface area contributed by atoms with Crippen molar-refractivity contribution in [1.29, 1.82) is 0 Å². The molecule has 4 saturated carbocycles. The van der Waals surface area contributed by atoms with E-state index >= 15 is 0 Å². The molecule has 0 spiro atoms. The summed E-state index contributed by atoms with van der Waals surface area (Å²) in [4.78, 5) is 26.6. The van der Waals surface area contributed by atoms with E-state index in [0.717, 1.165) is 62.9 Å². The molecule has 0 radical (unpaired) electrons. The van der Waals surface area contributed by atoms with E-state index in [1.807, 2.05) is 4.90 Å². The lowest BCUT2D eigenvalue weighted by Gasteiger charge is -2.62. The van der Waals surface area contributed by atoms with Crippen LogP contribution in [0.15, 0.2) is 0 Å². The number of unbranched alkanes of at least 4 members (excludes halogenated alkanes) is 6. The summed E-state index contributed by atoms with van der Waals surface area (Å²) in [7, 11) is 0. The molecule has 0 heterocycles. The van der Waals surface area contributed by atoms with Gasteiger partial charge >= 0.3 is 0 Å². The topological polar surface area (TPSA) is 57.6 Å². The number of amides is 1. The summed E-state index contributed by atoms with van der Waals surface area (Å²) >= 11 is 0. The maximum absolute atomic E-state index is 12.5. The Balaban J connectivity index is 1.26. The number of aliphatic hydroxyl groups is 1. The van der Waals surface area contributed by atoms with E-state index in [2.05, 4.69) is 27.7 Å². The van der Waals surface area contributed by atoms with E-state index in [0.29, 0.717) is 35.4 Å². The van der Waals surface area contributed by atoms with E-state index in [4.69, 9.17) is 0 Å². The van der Waals surface area contributed by atoms with Gasteiger partial charge in [-0.2, -0.15) is 0 Å². The summed E-state index contributed by atoms with van der Waals surface area (Å²) in [6, 6.07) is 0. The molecule has 37 heavy (non-hydrogen) atoms. The first kappa shape index (κ1) is 29.1. The van der Waals surface area contributed by atoms with Gasteiger partial charge in [0.2, 0.25) is 5.91 Å². The van der Waals surface area contributed by atoms with Crippen molar-refractivity contribution >= 4 is 11.7 Å². The Morgan fingerprint density at radius 1 is 0.892 bits per heavy atom. The van der Waals surface area contributed by atoms with Gasteiger partial charge in [-0.1, -0.05) is 58.8 Å². The van der Waals surface area contributed by atoms with Crippen molar-refractivity contribution in [3.05, 3.63) is 0 Å². The Morgan fingerprint density at radius 2 is 1.54 bits per heavy atom. The van der Waals surface area contributed by atoms with E-state index < -0.39 is 0 Å². The van der Waals surface area contributed by atoms with Crippen molar-refractivity contribution in [2.45, 2.75) is 143 Å². The third kappa shape index (κ3) is 5.99. The normalized spacial score (nSPS) is 39.1. The third-order valence-electron chi connectivity index (χ3n) is 12.2. The van der Waals surface area contributed by atoms with Crippen LogP contribution in [0, 0.1) is 40.4 Å². The molecule has 0 saturated heterocycles. The summed E-state index contributed by atoms with van der Waals surface area (Å²) in [6.45, 7) is 10.7. The standard InChI is InChI=1S/C33H57NO3/c1-5-34(6-2)30(37)15-13-11-9-7-8-10-12-14-24-22-25-23-26(35)18-20-32(25,3)28-19-21-33(4)27(31(24)28)16-17-29(33)36/h24-25,27-29,31,36H,5-23H2,1-4H3/t24-,25+,27+,28+,29+,31+,32+,33+/m1/s1. The van der Waals surface area contributed by atoms with E-state index in [-0.39, 0.29) is 11.5 Å². The van der Waals surface area contributed by atoms with Crippen molar-refractivity contribution in [3.63, 3.8) is 0 Å². The largest absolute Gasteiger partial charge is 0.393 e. The van der Waals surface area contributed by atoms with Crippen molar-refractivity contribution < 1.29 is 14.7 Å². The average Bonchev–Trinajstić information content (AvgIpc) is 3.18. The predicted molar refractivity (Wildman–Crippen MR) is 151 cm³/mol. The average molecular weight is 516 g/mol. The quantitative estimate of drug-likeness (QED) is 0.273. The van der Waals surface area contributed by atoms with Crippen LogP contribution in [0.3, 0.4) is 0 Å². The second-order valence-electron chi connectivity index (χ2n) is 13.9. The highest BCUT2D eigenvalue weighted by molar-refractivity contribution is 5.79. The van der Waals surface area contributed by atoms with Gasteiger partial charge in [0.15, 0.2) is 0 Å². The first-order chi connectivity index (χ1) is 17.7. The maximum Gasteiger partial charge on any atom is 0.222 e. The van der Waals surface area contributed by atoms with Crippen LogP contribution in [0.4, 0.5) is 0 Å². The number of rotatable bonds is 12. The Kier molecular flexibility index (Phi) is 9.84. The molecule has 8 atom stereocenters. The van der Waals surface area contributed by atoms with Gasteiger partial charge in [0.05, 0.1) is 6.10 Å². The van der Waals surface area contributed by atoms with Crippen LogP contribution in [-0.2, 0) is 9.59 Å². The summed E-state index contributed by atoms with van der Waals surface area (Å²) in [6.07, 6.45) is 19.3. The van der Waals surface area contributed by atoms with E-state index in [9.17, 15) is 14.7 Å². The highest BCUT2D eigenvalue weighted by Crippen LogP contribution is 2.67. The molecule has 4 rings (SSSR count). The molecule has 1 amide bonds. The zero-order chi connectivity index (χ0) is 26.6. The van der Waals surface area contributed by atoms with Gasteiger partial charge in [-0.15, -0.1) is 0 Å². The van der Waals surface area contributed by atoms with Crippen molar-refractivity contribution in [1.82, 2.24) is 4.90 Å². The smallest absolute Gasteiger partial charge is 0.222 e. The number of nitrogens with zero attached hydrogens (tertiary/aromatic N) is 1. The van der Waals surface area contributed by atoms with Crippen LogP contribution in [0.5, 0.6) is 0 Å². The number of aliphatic hydroxyl groups excluding tert-OH is 1. The number of Topliss-reactive ketones (excluding diaryl/α,β-unsaturated/α-hetero) is 1. The summed E-state index contributed by atoms with van der Waals surface area (Å²) in [5.74, 6) is 4.36. The van der Waals surface area contributed by atoms with Gasteiger partial charge in [0.25, 0.3) is 0 Å². The second-order valence-corrected chi connectivity index (χ2v) is 13.9. The molecule has 4 fully saturated rings. The molecule has 212 valence electrons. The summed E-state index contributed by atoms with van der Waals surface area (Å²) in [5.41, 5.74) is 0.469. The highest BCUT2D eigenvalue weighted by Gasteiger charge is 2.62. The number of fused-ring (bicyclic) bond motifs is 5. The Morgan fingerprint density at radius 3 is 2.24 bits per heavy atom. The van der Waals surface area contributed by atoms with Crippen LogP contribution in [0.2, 0.25) is 0 Å². The highest BCUT2D eigenvalue weighted by atomic mass is 16.3. The minimum atomic E-state index is -0.111. The van der Waals surface area contributed by atoms with Crippen molar-refractivity contribution in [2.24, 2.45) is 40.4 Å². The van der Waals surface area contributed by atoms with E-state index in [1.54, 1.807) is 0 Å². The zero-order valence-electron chi connectivity index (χ0n) is 24.6. The lowest BCUT2D eigenvalue weighted by Crippen LogP contribution is -2.57. The number of hydrogen-bond donors (Lipinski definition) is 1. The van der Waals surface area contributed by atoms with E-state index in [1.165, 1.54) is 70.6 Å². The molecule has 0 aromatic carbocycles. The van der Waals surface area contributed by atoms with Crippen LogP contribution in [-0.4, -0.2) is 40.9 Å². The monoisotopic (exact) mass is 515 g/mol. The van der Waals surface area contributed by atoms with Gasteiger partial charge in [-0.05, 0) is 99.2 Å². The molecule has 4 aliphatic rings. The summed E-state index contributed by atoms with van der Waals surface area (Å²) in [5, 5.41) is 10.9. The fraction of sp³-hybridized carbons (Fsp3) is 0.939. The van der Waals surface area contributed by atoms with Gasteiger partial charge < -0.3 is 10.0 Å². The van der Waals surface area contributed by atoms with Gasteiger partial charge in [0.1, 0.15) is 5.78 Å². The molecule has 0 aromatic rings. The van der Waals surface area contributed by atoms with Gasteiger partial charge in [-0.25, -0.2) is 0 Å². The lowest BCUT2D eigenvalue weighted by atomic mass is 9.42. The minimum Gasteiger partial charge on any atom is -0.393 e. The molecule has 4 nitrogen and oxygen atoms in total. The Bertz CT molecular complexity index is 778. The van der Waals surface area contributed by atoms with Crippen LogP contribution >= 0.6 is 0 Å². The Hall–Kier alpha value is -0.900. The number of carbonyl (C=O) groups is 2. The van der Waals surface area contributed by atoms with Crippen molar-refractivity contribution in [2.75, 3.05) is 13.1 Å². The molecule has 0 bridgehead atoms. The van der Waals surface area contributed by atoms with Crippen LogP contribution < -0.4 is 0 Å². The van der Waals surface area contributed by atoms with Gasteiger partial charge in [-0.3, -0.25) is 9.59 Å². The molecule has 0 aliphatic heterocycles. The molecular formula is C33H57NO3. The summed E-state index contributed by atoms with van der Waals surface area (Å²) < 4.78 is 0. The number of hydrogen-bond acceptors (Lipinski definition) is 3. The number of carbonyl (C=O) groups excluding carboxylic acids is 2. The second kappa shape index (κ2) is 12.5.